The van der Waals surface area contributed by atoms with Gasteiger partial charge >= 0.3 is 0 Å². The molecule has 0 amide bonds. The second kappa shape index (κ2) is 18.1. The average Bonchev–Trinajstić information content (AvgIpc) is 2.69. The third-order valence-electron chi connectivity index (χ3n) is 5.15. The number of ether oxygens (including phenoxy) is 1. The van der Waals surface area contributed by atoms with Crippen molar-refractivity contribution in [2.45, 2.75) is 110 Å². The molecular formula is C24H42ClNO2. The number of carbonyl (C=O) groups excluding carboxylic acids is 1. The van der Waals surface area contributed by atoms with Gasteiger partial charge in [0.25, 0.3) is 0 Å². The molecule has 4 heteroatoms. The van der Waals surface area contributed by atoms with Gasteiger partial charge in [0.15, 0.2) is 6.23 Å². The number of ketones is 1. The third kappa shape index (κ3) is 12.5. The Bertz CT molecular complexity index is 481. The lowest BCUT2D eigenvalue weighted by Gasteiger charge is -2.21. The molecule has 0 aliphatic carbocycles. The van der Waals surface area contributed by atoms with Crippen LogP contribution in [0.3, 0.4) is 0 Å². The van der Waals surface area contributed by atoms with Crippen LogP contribution < -0.4 is 5.73 Å². The van der Waals surface area contributed by atoms with Crippen LogP contribution in [0.2, 0.25) is 0 Å². The smallest absolute Gasteiger partial charge is 0.206 e. The maximum absolute atomic E-state index is 12.4. The van der Waals surface area contributed by atoms with Gasteiger partial charge in [0.05, 0.1) is 6.10 Å². The Balaban J connectivity index is 0.00000729. The number of hydrogen-bond acceptors (Lipinski definition) is 3. The molecule has 28 heavy (non-hydrogen) atoms. The molecule has 3 nitrogen and oxygen atoms in total. The number of rotatable bonds is 17. The van der Waals surface area contributed by atoms with Gasteiger partial charge in [0, 0.05) is 5.56 Å². The molecule has 1 aromatic rings. The van der Waals surface area contributed by atoms with Crippen LogP contribution in [-0.4, -0.2) is 18.1 Å². The van der Waals surface area contributed by atoms with Gasteiger partial charge in [0.1, 0.15) is 0 Å². The summed E-state index contributed by atoms with van der Waals surface area (Å²) in [6.07, 6.45) is 15.6. The van der Waals surface area contributed by atoms with Crippen LogP contribution in [0.4, 0.5) is 0 Å². The van der Waals surface area contributed by atoms with E-state index in [1.807, 2.05) is 18.2 Å². The molecule has 0 aromatic heterocycles. The summed E-state index contributed by atoms with van der Waals surface area (Å²) in [6, 6.07) is 9.19. The molecule has 0 aliphatic heterocycles. The van der Waals surface area contributed by atoms with Gasteiger partial charge in [-0.15, -0.1) is 12.4 Å². The van der Waals surface area contributed by atoms with Crippen molar-refractivity contribution >= 4 is 18.2 Å². The summed E-state index contributed by atoms with van der Waals surface area (Å²) in [7, 11) is 0. The number of nitrogens with two attached hydrogens (primary N) is 1. The van der Waals surface area contributed by atoms with E-state index >= 15 is 0 Å². The Kier molecular flexibility index (Phi) is 17.6. The number of hydrogen-bond donors (Lipinski definition) is 1. The maximum Gasteiger partial charge on any atom is 0.206 e. The number of carbonyl (C=O) groups is 1. The Morgan fingerprint density at radius 3 is 1.89 bits per heavy atom. The van der Waals surface area contributed by atoms with Crippen molar-refractivity contribution in [3.05, 3.63) is 35.9 Å². The summed E-state index contributed by atoms with van der Waals surface area (Å²) in [5.41, 5.74) is 6.65. The first-order chi connectivity index (χ1) is 13.2. The minimum absolute atomic E-state index is 0. The highest BCUT2D eigenvalue weighted by Gasteiger charge is 2.20. The number of unbranched alkanes of at least 4 members (excludes halogenated alkanes) is 9. The summed E-state index contributed by atoms with van der Waals surface area (Å²) < 4.78 is 5.92. The van der Waals surface area contributed by atoms with E-state index < -0.39 is 6.23 Å². The summed E-state index contributed by atoms with van der Waals surface area (Å²) in [4.78, 5) is 12.4. The molecule has 0 saturated heterocycles. The van der Waals surface area contributed by atoms with Crippen molar-refractivity contribution in [2.24, 2.45) is 5.73 Å². The standard InChI is InChI=1S/C24H41NO2.ClH/c1-3-5-6-7-8-9-10-11-12-16-20-22(17-4-2)27-24(25)23(26)21-18-14-13-15-19-21;/h13-15,18-19,22,24H,3-12,16-17,20,25H2,1-2H3;1H. The lowest BCUT2D eigenvalue weighted by Crippen LogP contribution is -2.37. The molecule has 0 radical (unpaired) electrons. The van der Waals surface area contributed by atoms with Gasteiger partial charge in [0.2, 0.25) is 5.78 Å². The van der Waals surface area contributed by atoms with Gasteiger partial charge in [-0.1, -0.05) is 115 Å². The highest BCUT2D eigenvalue weighted by Crippen LogP contribution is 2.17. The van der Waals surface area contributed by atoms with Crippen molar-refractivity contribution < 1.29 is 9.53 Å². The first kappa shape index (κ1) is 27.1. The molecule has 1 rings (SSSR count). The fourth-order valence-corrected chi connectivity index (χ4v) is 3.50. The molecule has 0 aliphatic rings. The van der Waals surface area contributed by atoms with E-state index in [1.165, 1.54) is 57.8 Å². The second-order valence-corrected chi connectivity index (χ2v) is 7.67. The zero-order valence-corrected chi connectivity index (χ0v) is 18.9. The van der Waals surface area contributed by atoms with E-state index in [4.69, 9.17) is 10.5 Å². The van der Waals surface area contributed by atoms with E-state index in [0.717, 1.165) is 25.7 Å². The number of halogens is 1. The van der Waals surface area contributed by atoms with E-state index in [2.05, 4.69) is 13.8 Å². The quantitative estimate of drug-likeness (QED) is 0.169. The maximum atomic E-state index is 12.4. The Morgan fingerprint density at radius 1 is 0.821 bits per heavy atom. The van der Waals surface area contributed by atoms with E-state index in [-0.39, 0.29) is 24.3 Å². The molecule has 0 spiro atoms. The van der Waals surface area contributed by atoms with Crippen molar-refractivity contribution in [1.82, 2.24) is 0 Å². The van der Waals surface area contributed by atoms with Gasteiger partial charge in [-0.2, -0.15) is 0 Å². The molecule has 0 fully saturated rings. The first-order valence-corrected chi connectivity index (χ1v) is 11.2. The summed E-state index contributed by atoms with van der Waals surface area (Å²) >= 11 is 0. The first-order valence-electron chi connectivity index (χ1n) is 11.2. The summed E-state index contributed by atoms with van der Waals surface area (Å²) in [6.45, 7) is 4.42. The summed E-state index contributed by atoms with van der Waals surface area (Å²) in [5, 5.41) is 0. The third-order valence-corrected chi connectivity index (χ3v) is 5.15. The zero-order valence-electron chi connectivity index (χ0n) is 18.0. The van der Waals surface area contributed by atoms with Crippen LogP contribution in [-0.2, 0) is 4.74 Å². The highest BCUT2D eigenvalue weighted by atomic mass is 35.5. The lowest BCUT2D eigenvalue weighted by molar-refractivity contribution is -0.00908. The molecule has 0 saturated carbocycles. The normalized spacial score (nSPS) is 13.0. The van der Waals surface area contributed by atoms with Crippen LogP contribution in [0, 0.1) is 0 Å². The molecule has 2 N–H and O–H groups in total. The van der Waals surface area contributed by atoms with Crippen LogP contribution in [0.15, 0.2) is 30.3 Å². The van der Waals surface area contributed by atoms with Gasteiger partial charge in [-0.3, -0.25) is 10.5 Å². The predicted octanol–water partition coefficient (Wildman–Crippen LogP) is 7.07. The van der Waals surface area contributed by atoms with Gasteiger partial charge in [-0.25, -0.2) is 0 Å². The second-order valence-electron chi connectivity index (χ2n) is 7.67. The van der Waals surface area contributed by atoms with Crippen LogP contribution in [0.1, 0.15) is 108 Å². The van der Waals surface area contributed by atoms with Crippen molar-refractivity contribution in [3.63, 3.8) is 0 Å². The lowest BCUT2D eigenvalue weighted by atomic mass is 10.0. The van der Waals surface area contributed by atoms with Crippen molar-refractivity contribution in [3.8, 4) is 0 Å². The largest absolute Gasteiger partial charge is 0.353 e. The molecule has 0 bridgehead atoms. The number of Topliss-reactive ketones (excluding diaryl/α,β-unsaturated/α-hetero) is 1. The van der Waals surface area contributed by atoms with Gasteiger partial charge in [-0.05, 0) is 12.8 Å². The Morgan fingerprint density at radius 2 is 1.36 bits per heavy atom. The Labute approximate surface area is 179 Å². The Hall–Kier alpha value is -0.900. The molecule has 2 unspecified atom stereocenters. The topological polar surface area (TPSA) is 52.3 Å². The van der Waals surface area contributed by atoms with E-state index in [9.17, 15) is 4.79 Å². The monoisotopic (exact) mass is 411 g/mol. The van der Waals surface area contributed by atoms with Crippen LogP contribution in [0.25, 0.3) is 0 Å². The van der Waals surface area contributed by atoms with Gasteiger partial charge < -0.3 is 4.74 Å². The minimum atomic E-state index is -0.855. The van der Waals surface area contributed by atoms with Crippen LogP contribution >= 0.6 is 12.4 Å². The predicted molar refractivity (Wildman–Crippen MR) is 122 cm³/mol. The molecule has 0 heterocycles. The van der Waals surface area contributed by atoms with Crippen molar-refractivity contribution in [2.75, 3.05) is 0 Å². The van der Waals surface area contributed by atoms with Crippen molar-refractivity contribution in [1.29, 1.82) is 0 Å². The SMILES string of the molecule is CCCCCCCCCCCCC(CCC)OC(N)C(=O)c1ccccc1.Cl. The molecular weight excluding hydrogens is 370 g/mol. The fourth-order valence-electron chi connectivity index (χ4n) is 3.50. The van der Waals surface area contributed by atoms with E-state index in [0.29, 0.717) is 5.56 Å². The minimum Gasteiger partial charge on any atom is -0.353 e. The van der Waals surface area contributed by atoms with Crippen LogP contribution in [0.5, 0.6) is 0 Å². The highest BCUT2D eigenvalue weighted by molar-refractivity contribution is 5.99. The fraction of sp³-hybridized carbons (Fsp3) is 0.708. The average molecular weight is 412 g/mol. The summed E-state index contributed by atoms with van der Waals surface area (Å²) in [5.74, 6) is -0.125. The molecule has 162 valence electrons. The molecule has 2 atom stereocenters. The number of benzene rings is 1. The molecule has 1 aromatic carbocycles. The zero-order chi connectivity index (χ0) is 19.7. The van der Waals surface area contributed by atoms with E-state index in [1.54, 1.807) is 12.1 Å².